The fourth-order valence-corrected chi connectivity index (χ4v) is 3.66. The summed E-state index contributed by atoms with van der Waals surface area (Å²) in [5.74, 6) is 0.229. The maximum atomic E-state index is 13.9. The van der Waals surface area contributed by atoms with Crippen LogP contribution >= 0.6 is 24.2 Å². The van der Waals surface area contributed by atoms with Crippen LogP contribution in [0.4, 0.5) is 4.39 Å². The lowest BCUT2D eigenvalue weighted by atomic mass is 10.1. The number of unbranched alkanes of at least 4 members (excludes halogenated alkanes) is 1. The normalized spacial score (nSPS) is 10.6. The smallest absolute Gasteiger partial charge is 0.287 e. The largest absolute Gasteiger partial charge is 0.451 e. The van der Waals surface area contributed by atoms with Gasteiger partial charge in [0.25, 0.3) is 5.91 Å². The molecule has 1 heterocycles. The number of amides is 1. The van der Waals surface area contributed by atoms with Crippen molar-refractivity contribution in [3.05, 3.63) is 65.7 Å². The number of furan rings is 1. The quantitative estimate of drug-likeness (QED) is 0.416. The van der Waals surface area contributed by atoms with E-state index in [9.17, 15) is 9.18 Å². The predicted molar refractivity (Wildman–Crippen MR) is 110 cm³/mol. The number of benzene rings is 2. The SMILES string of the molecule is Cl.NCCCCNC(=O)c1oc2ccccc2c1CSc1ccccc1F. The van der Waals surface area contributed by atoms with Crippen LogP contribution in [0.2, 0.25) is 0 Å². The summed E-state index contributed by atoms with van der Waals surface area (Å²) < 4.78 is 19.7. The van der Waals surface area contributed by atoms with E-state index in [1.807, 2.05) is 24.3 Å². The number of hydrogen-bond acceptors (Lipinski definition) is 4. The summed E-state index contributed by atoms with van der Waals surface area (Å²) in [6, 6.07) is 14.1. The molecule has 7 heteroatoms. The molecule has 1 amide bonds. The van der Waals surface area contributed by atoms with Crippen molar-refractivity contribution in [2.75, 3.05) is 13.1 Å². The molecule has 2 aromatic carbocycles. The van der Waals surface area contributed by atoms with Gasteiger partial charge >= 0.3 is 0 Å². The number of carbonyl (C=O) groups is 1. The van der Waals surface area contributed by atoms with E-state index in [1.165, 1.54) is 17.8 Å². The minimum Gasteiger partial charge on any atom is -0.451 e. The van der Waals surface area contributed by atoms with E-state index in [0.717, 1.165) is 23.8 Å². The Morgan fingerprint density at radius 2 is 1.85 bits per heavy atom. The summed E-state index contributed by atoms with van der Waals surface area (Å²) >= 11 is 1.35. The van der Waals surface area contributed by atoms with Gasteiger partial charge in [0.1, 0.15) is 11.4 Å². The molecule has 144 valence electrons. The number of para-hydroxylation sites is 1. The highest BCUT2D eigenvalue weighted by atomic mass is 35.5. The second kappa shape index (κ2) is 10.3. The number of halogens is 2. The summed E-state index contributed by atoms with van der Waals surface area (Å²) in [5, 5.41) is 3.75. The molecule has 0 aliphatic carbocycles. The van der Waals surface area contributed by atoms with E-state index < -0.39 is 0 Å². The van der Waals surface area contributed by atoms with Crippen molar-refractivity contribution < 1.29 is 13.6 Å². The van der Waals surface area contributed by atoms with Crippen LogP contribution in [-0.4, -0.2) is 19.0 Å². The number of carbonyl (C=O) groups excluding carboxylic acids is 1. The van der Waals surface area contributed by atoms with Gasteiger partial charge in [0.2, 0.25) is 0 Å². The molecule has 0 fully saturated rings. The Hall–Kier alpha value is -2.02. The van der Waals surface area contributed by atoms with Crippen molar-refractivity contribution in [1.29, 1.82) is 0 Å². The zero-order valence-electron chi connectivity index (χ0n) is 14.7. The number of thioether (sulfide) groups is 1. The first kappa shape index (κ1) is 21.3. The number of hydrogen-bond donors (Lipinski definition) is 2. The lowest BCUT2D eigenvalue weighted by Crippen LogP contribution is -2.25. The van der Waals surface area contributed by atoms with Crippen molar-refractivity contribution >= 4 is 41.0 Å². The molecule has 3 rings (SSSR count). The average molecular weight is 409 g/mol. The Bertz CT molecular complexity index is 901. The molecular weight excluding hydrogens is 387 g/mol. The van der Waals surface area contributed by atoms with Crippen LogP contribution in [0.3, 0.4) is 0 Å². The Morgan fingerprint density at radius 1 is 1.11 bits per heavy atom. The number of nitrogens with two attached hydrogens (primary N) is 1. The highest BCUT2D eigenvalue weighted by Crippen LogP contribution is 2.32. The van der Waals surface area contributed by atoms with Crippen LogP contribution in [-0.2, 0) is 5.75 Å². The van der Waals surface area contributed by atoms with Crippen molar-refractivity contribution in [3.8, 4) is 0 Å². The fraction of sp³-hybridized carbons (Fsp3) is 0.250. The second-order valence-electron chi connectivity index (χ2n) is 5.88. The third kappa shape index (κ3) is 5.25. The van der Waals surface area contributed by atoms with Crippen LogP contribution in [0.1, 0.15) is 29.0 Å². The van der Waals surface area contributed by atoms with Crippen LogP contribution < -0.4 is 11.1 Å². The molecule has 0 radical (unpaired) electrons. The third-order valence-electron chi connectivity index (χ3n) is 4.03. The molecular formula is C20H22ClFN2O2S. The minimum absolute atomic E-state index is 0. The van der Waals surface area contributed by atoms with Gasteiger partial charge in [0.05, 0.1) is 0 Å². The zero-order valence-corrected chi connectivity index (χ0v) is 16.4. The van der Waals surface area contributed by atoms with Crippen molar-refractivity contribution in [2.45, 2.75) is 23.5 Å². The molecule has 0 spiro atoms. The molecule has 4 nitrogen and oxygen atoms in total. The van der Waals surface area contributed by atoms with Gasteiger partial charge in [-0.05, 0) is 37.6 Å². The van der Waals surface area contributed by atoms with E-state index in [0.29, 0.717) is 35.1 Å². The molecule has 3 N–H and O–H groups in total. The summed E-state index contributed by atoms with van der Waals surface area (Å²) in [6.45, 7) is 1.15. The average Bonchev–Trinajstić information content (AvgIpc) is 3.03. The van der Waals surface area contributed by atoms with Gasteiger partial charge in [-0.15, -0.1) is 24.2 Å². The molecule has 27 heavy (non-hydrogen) atoms. The van der Waals surface area contributed by atoms with Crippen molar-refractivity contribution in [1.82, 2.24) is 5.32 Å². The van der Waals surface area contributed by atoms with E-state index in [2.05, 4.69) is 5.32 Å². The molecule has 0 atom stereocenters. The van der Waals surface area contributed by atoms with Crippen LogP contribution in [0.25, 0.3) is 11.0 Å². The van der Waals surface area contributed by atoms with E-state index >= 15 is 0 Å². The standard InChI is InChI=1S/C20H21FN2O2S.ClH/c21-16-8-2-4-10-18(16)26-13-15-14-7-1-3-9-17(14)25-19(15)20(24)23-12-6-5-11-22;/h1-4,7-10H,5-6,11-13,22H2,(H,23,24);1H. The van der Waals surface area contributed by atoms with E-state index in [-0.39, 0.29) is 24.1 Å². The number of nitrogens with one attached hydrogen (secondary N) is 1. The maximum absolute atomic E-state index is 13.9. The Balaban J connectivity index is 0.00000261. The van der Waals surface area contributed by atoms with Crippen LogP contribution in [0, 0.1) is 5.82 Å². The van der Waals surface area contributed by atoms with Crippen molar-refractivity contribution in [2.24, 2.45) is 5.73 Å². The van der Waals surface area contributed by atoms with E-state index in [1.54, 1.807) is 18.2 Å². The van der Waals surface area contributed by atoms with Crippen LogP contribution in [0.5, 0.6) is 0 Å². The minimum atomic E-state index is -0.266. The van der Waals surface area contributed by atoms with Gasteiger partial charge in [-0.1, -0.05) is 30.3 Å². The molecule has 1 aromatic heterocycles. The lowest BCUT2D eigenvalue weighted by molar-refractivity contribution is 0.0926. The molecule has 0 unspecified atom stereocenters. The van der Waals surface area contributed by atoms with Gasteiger partial charge in [0, 0.05) is 28.1 Å². The van der Waals surface area contributed by atoms with Gasteiger partial charge in [-0.25, -0.2) is 4.39 Å². The fourth-order valence-electron chi connectivity index (χ4n) is 2.69. The first-order valence-electron chi connectivity index (χ1n) is 8.56. The monoisotopic (exact) mass is 408 g/mol. The molecule has 0 aliphatic rings. The topological polar surface area (TPSA) is 68.3 Å². The maximum Gasteiger partial charge on any atom is 0.287 e. The highest BCUT2D eigenvalue weighted by molar-refractivity contribution is 7.98. The lowest BCUT2D eigenvalue weighted by Gasteiger charge is -2.06. The molecule has 0 aliphatic heterocycles. The molecule has 0 saturated heterocycles. The third-order valence-corrected chi connectivity index (χ3v) is 5.10. The number of rotatable bonds is 8. The van der Waals surface area contributed by atoms with Gasteiger partial charge in [-0.2, -0.15) is 0 Å². The van der Waals surface area contributed by atoms with Crippen molar-refractivity contribution in [3.63, 3.8) is 0 Å². The highest BCUT2D eigenvalue weighted by Gasteiger charge is 2.20. The first-order valence-corrected chi connectivity index (χ1v) is 9.55. The first-order chi connectivity index (χ1) is 12.7. The molecule has 3 aromatic rings. The summed E-state index contributed by atoms with van der Waals surface area (Å²) in [5.41, 5.74) is 6.91. The Morgan fingerprint density at radius 3 is 2.63 bits per heavy atom. The van der Waals surface area contributed by atoms with Gasteiger partial charge in [0.15, 0.2) is 5.76 Å². The predicted octanol–water partition coefficient (Wildman–Crippen LogP) is 4.75. The van der Waals surface area contributed by atoms with Gasteiger partial charge < -0.3 is 15.5 Å². The number of fused-ring (bicyclic) bond motifs is 1. The summed E-state index contributed by atoms with van der Waals surface area (Å²) in [6.07, 6.45) is 1.68. The summed E-state index contributed by atoms with van der Waals surface area (Å²) in [7, 11) is 0. The Kier molecular flexibility index (Phi) is 8.16. The van der Waals surface area contributed by atoms with Crippen LogP contribution in [0.15, 0.2) is 57.8 Å². The second-order valence-corrected chi connectivity index (χ2v) is 6.89. The molecule has 0 saturated carbocycles. The Labute approximate surface area is 168 Å². The van der Waals surface area contributed by atoms with Gasteiger partial charge in [-0.3, -0.25) is 4.79 Å². The summed E-state index contributed by atoms with van der Waals surface area (Å²) in [4.78, 5) is 13.1. The van der Waals surface area contributed by atoms with E-state index in [4.69, 9.17) is 10.2 Å². The zero-order chi connectivity index (χ0) is 18.4. The molecule has 0 bridgehead atoms.